The molecule has 3 nitrogen and oxygen atoms in total. The predicted molar refractivity (Wildman–Crippen MR) is 55.0 cm³/mol. The first-order chi connectivity index (χ1) is 7.86. The highest BCUT2D eigenvalue weighted by Crippen LogP contribution is 2.29. The van der Waals surface area contributed by atoms with Crippen LogP contribution >= 0.6 is 0 Å². The molecule has 0 saturated heterocycles. The van der Waals surface area contributed by atoms with E-state index in [1.807, 2.05) is 0 Å². The quantitative estimate of drug-likeness (QED) is 0.833. The number of halogens is 3. The number of carbonyl (C=O) groups excluding carboxylic acids is 1. The number of benzene rings is 1. The van der Waals surface area contributed by atoms with Crippen molar-refractivity contribution in [3.63, 3.8) is 0 Å². The Balaban J connectivity index is 2.84. The van der Waals surface area contributed by atoms with E-state index in [1.54, 1.807) is 6.92 Å². The summed E-state index contributed by atoms with van der Waals surface area (Å²) in [5.41, 5.74) is 5.04. The molecule has 1 atom stereocenters. The first kappa shape index (κ1) is 13.5. The smallest absolute Gasteiger partial charge is 0.416 e. The lowest BCUT2D eigenvalue weighted by molar-refractivity contribution is -0.144. The normalized spacial score (nSPS) is 13.2. The minimum atomic E-state index is -4.40. The van der Waals surface area contributed by atoms with Crippen LogP contribution < -0.4 is 5.73 Å². The van der Waals surface area contributed by atoms with Crippen molar-refractivity contribution in [3.8, 4) is 0 Å². The summed E-state index contributed by atoms with van der Waals surface area (Å²) in [7, 11) is 0. The zero-order valence-electron chi connectivity index (χ0n) is 9.12. The van der Waals surface area contributed by atoms with Gasteiger partial charge in [0.05, 0.1) is 12.2 Å². The summed E-state index contributed by atoms with van der Waals surface area (Å²) in [4.78, 5) is 11.3. The first-order valence-electron chi connectivity index (χ1n) is 4.95. The Bertz CT molecular complexity index is 387. The van der Waals surface area contributed by atoms with Crippen LogP contribution in [0, 0.1) is 0 Å². The Morgan fingerprint density at radius 3 is 2.29 bits per heavy atom. The van der Waals surface area contributed by atoms with Gasteiger partial charge in [0.25, 0.3) is 0 Å². The van der Waals surface area contributed by atoms with Crippen molar-refractivity contribution in [2.24, 2.45) is 5.73 Å². The van der Waals surface area contributed by atoms with Gasteiger partial charge in [-0.15, -0.1) is 0 Å². The number of alkyl halides is 3. The van der Waals surface area contributed by atoms with Gasteiger partial charge in [-0.05, 0) is 24.6 Å². The molecular weight excluding hydrogens is 235 g/mol. The summed E-state index contributed by atoms with van der Waals surface area (Å²) in [5.74, 6) is -0.660. The highest BCUT2D eigenvalue weighted by molar-refractivity contribution is 5.77. The van der Waals surface area contributed by atoms with Gasteiger partial charge in [-0.2, -0.15) is 13.2 Å². The van der Waals surface area contributed by atoms with Crippen molar-refractivity contribution in [2.75, 3.05) is 6.61 Å². The summed E-state index contributed by atoms with van der Waals surface area (Å²) in [6.45, 7) is 1.80. The van der Waals surface area contributed by atoms with E-state index in [4.69, 9.17) is 5.73 Å². The lowest BCUT2D eigenvalue weighted by Crippen LogP contribution is -2.23. The molecule has 0 amide bonds. The van der Waals surface area contributed by atoms with Gasteiger partial charge < -0.3 is 10.5 Å². The second-order valence-corrected chi connectivity index (χ2v) is 3.35. The SMILES string of the molecule is CCOC(=O)C(N)c1ccc(C(F)(F)F)cc1. The molecule has 0 saturated carbocycles. The van der Waals surface area contributed by atoms with Crippen molar-refractivity contribution in [1.29, 1.82) is 0 Å². The second kappa shape index (κ2) is 5.18. The Morgan fingerprint density at radius 2 is 1.88 bits per heavy atom. The van der Waals surface area contributed by atoms with E-state index in [0.29, 0.717) is 0 Å². The van der Waals surface area contributed by atoms with Crippen LogP contribution in [0.2, 0.25) is 0 Å². The second-order valence-electron chi connectivity index (χ2n) is 3.35. The van der Waals surface area contributed by atoms with Crippen molar-refractivity contribution in [3.05, 3.63) is 35.4 Å². The molecule has 1 unspecified atom stereocenters. The van der Waals surface area contributed by atoms with Crippen molar-refractivity contribution in [2.45, 2.75) is 19.1 Å². The number of hydrogen-bond donors (Lipinski definition) is 1. The van der Waals surface area contributed by atoms with E-state index in [9.17, 15) is 18.0 Å². The van der Waals surface area contributed by atoms with E-state index >= 15 is 0 Å². The van der Waals surface area contributed by atoms with E-state index in [-0.39, 0.29) is 12.2 Å². The average molecular weight is 247 g/mol. The highest BCUT2D eigenvalue weighted by atomic mass is 19.4. The van der Waals surface area contributed by atoms with Crippen molar-refractivity contribution in [1.82, 2.24) is 0 Å². The Kier molecular flexibility index (Phi) is 4.11. The third kappa shape index (κ3) is 3.45. The third-order valence-electron chi connectivity index (χ3n) is 2.14. The molecule has 2 N–H and O–H groups in total. The van der Waals surface area contributed by atoms with Gasteiger partial charge in [0.2, 0.25) is 0 Å². The van der Waals surface area contributed by atoms with Gasteiger partial charge in [-0.1, -0.05) is 12.1 Å². The Labute approximate surface area is 96.4 Å². The molecule has 17 heavy (non-hydrogen) atoms. The minimum absolute atomic E-state index is 0.174. The van der Waals surface area contributed by atoms with Crippen LogP contribution in [0.1, 0.15) is 24.1 Å². The fourth-order valence-corrected chi connectivity index (χ4v) is 1.25. The van der Waals surface area contributed by atoms with Crippen molar-refractivity contribution < 1.29 is 22.7 Å². The van der Waals surface area contributed by atoms with Gasteiger partial charge in [0.1, 0.15) is 6.04 Å². The fourth-order valence-electron chi connectivity index (χ4n) is 1.25. The number of rotatable bonds is 3. The standard InChI is InChI=1S/C11H12F3NO2/c1-2-17-10(16)9(15)7-3-5-8(6-4-7)11(12,13)14/h3-6,9H,2,15H2,1H3. The van der Waals surface area contributed by atoms with E-state index in [2.05, 4.69) is 4.74 Å². The van der Waals surface area contributed by atoms with Crippen molar-refractivity contribution >= 4 is 5.97 Å². The van der Waals surface area contributed by atoms with Crippen LogP contribution in [0.25, 0.3) is 0 Å². The molecule has 1 rings (SSSR count). The molecule has 0 aliphatic carbocycles. The Hall–Kier alpha value is -1.56. The number of carbonyl (C=O) groups is 1. The number of esters is 1. The first-order valence-corrected chi connectivity index (χ1v) is 4.95. The van der Waals surface area contributed by atoms with E-state index in [0.717, 1.165) is 12.1 Å². The molecule has 1 aromatic carbocycles. The summed E-state index contributed by atoms with van der Waals surface area (Å²) in [5, 5.41) is 0. The Morgan fingerprint density at radius 1 is 1.35 bits per heavy atom. The van der Waals surface area contributed by atoms with Crippen LogP contribution in [-0.2, 0) is 15.7 Å². The molecule has 94 valence electrons. The maximum Gasteiger partial charge on any atom is 0.416 e. The zero-order chi connectivity index (χ0) is 13.1. The largest absolute Gasteiger partial charge is 0.465 e. The molecule has 0 heterocycles. The third-order valence-corrected chi connectivity index (χ3v) is 2.14. The van der Waals surface area contributed by atoms with Crippen LogP contribution in [0.5, 0.6) is 0 Å². The van der Waals surface area contributed by atoms with Gasteiger partial charge in [0, 0.05) is 0 Å². The number of hydrogen-bond acceptors (Lipinski definition) is 3. The molecule has 6 heteroatoms. The monoisotopic (exact) mass is 247 g/mol. The zero-order valence-corrected chi connectivity index (χ0v) is 9.12. The molecule has 0 bridgehead atoms. The lowest BCUT2D eigenvalue weighted by Gasteiger charge is -2.12. The summed E-state index contributed by atoms with van der Waals surface area (Å²) >= 11 is 0. The summed E-state index contributed by atoms with van der Waals surface area (Å²) < 4.78 is 41.5. The maximum absolute atomic E-state index is 12.3. The van der Waals surface area contributed by atoms with Gasteiger partial charge in [-0.3, -0.25) is 0 Å². The molecule has 0 radical (unpaired) electrons. The highest BCUT2D eigenvalue weighted by Gasteiger charge is 2.30. The number of ether oxygens (including phenoxy) is 1. The van der Waals surface area contributed by atoms with Gasteiger partial charge in [-0.25, -0.2) is 4.79 Å². The van der Waals surface area contributed by atoms with Crippen LogP contribution in [0.3, 0.4) is 0 Å². The lowest BCUT2D eigenvalue weighted by atomic mass is 10.1. The average Bonchev–Trinajstić information content (AvgIpc) is 2.27. The van der Waals surface area contributed by atoms with E-state index < -0.39 is 23.8 Å². The van der Waals surface area contributed by atoms with Crippen LogP contribution in [-0.4, -0.2) is 12.6 Å². The minimum Gasteiger partial charge on any atom is -0.465 e. The summed E-state index contributed by atoms with van der Waals surface area (Å²) in [6, 6.07) is 3.05. The molecular formula is C11H12F3NO2. The molecule has 1 aromatic rings. The van der Waals surface area contributed by atoms with Gasteiger partial charge >= 0.3 is 12.1 Å². The fraction of sp³-hybridized carbons (Fsp3) is 0.364. The van der Waals surface area contributed by atoms with Gasteiger partial charge in [0.15, 0.2) is 0 Å². The molecule has 0 aliphatic rings. The molecule has 0 aliphatic heterocycles. The van der Waals surface area contributed by atoms with E-state index in [1.165, 1.54) is 12.1 Å². The molecule has 0 spiro atoms. The number of nitrogens with two attached hydrogens (primary N) is 1. The predicted octanol–water partition coefficient (Wildman–Crippen LogP) is 2.27. The summed E-state index contributed by atoms with van der Waals surface area (Å²) in [6.07, 6.45) is -4.40. The van der Waals surface area contributed by atoms with Crippen LogP contribution in [0.15, 0.2) is 24.3 Å². The molecule has 0 fully saturated rings. The topological polar surface area (TPSA) is 52.3 Å². The molecule has 0 aromatic heterocycles. The van der Waals surface area contributed by atoms with Crippen LogP contribution in [0.4, 0.5) is 13.2 Å². The maximum atomic E-state index is 12.3.